The fourth-order valence-electron chi connectivity index (χ4n) is 3.14. The van der Waals surface area contributed by atoms with Gasteiger partial charge in [0.15, 0.2) is 0 Å². The van der Waals surface area contributed by atoms with Crippen LogP contribution in [0.4, 0.5) is 0 Å². The van der Waals surface area contributed by atoms with Crippen LogP contribution in [0, 0.1) is 0 Å². The monoisotopic (exact) mass is 282 g/mol. The molecule has 3 nitrogen and oxygen atoms in total. The minimum Gasteiger partial charge on any atom is -0.282 e. The lowest BCUT2D eigenvalue weighted by Crippen LogP contribution is -2.11. The molecule has 1 fully saturated rings. The van der Waals surface area contributed by atoms with Crippen molar-refractivity contribution in [1.29, 1.82) is 0 Å². The first-order chi connectivity index (χ1) is 9.04. The molecule has 1 aliphatic carbocycles. The van der Waals surface area contributed by atoms with E-state index in [2.05, 4.69) is 0 Å². The van der Waals surface area contributed by atoms with Crippen LogP contribution < -0.4 is 0 Å². The first-order valence-electron chi connectivity index (χ1n) is 7.13. The average molecular weight is 282 g/mol. The van der Waals surface area contributed by atoms with E-state index < -0.39 is 10.1 Å². The summed E-state index contributed by atoms with van der Waals surface area (Å²) in [4.78, 5) is 0.109. The molecular weight excluding hydrogens is 260 g/mol. The number of hydrogen-bond acceptors (Lipinski definition) is 2. The molecule has 1 N–H and O–H groups in total. The Morgan fingerprint density at radius 1 is 1.21 bits per heavy atom. The topological polar surface area (TPSA) is 54.4 Å². The molecule has 106 valence electrons. The van der Waals surface area contributed by atoms with Crippen molar-refractivity contribution in [2.45, 2.75) is 62.7 Å². The molecule has 0 atom stereocenters. The third-order valence-corrected chi connectivity index (χ3v) is 4.93. The van der Waals surface area contributed by atoms with Crippen LogP contribution in [0.3, 0.4) is 0 Å². The Morgan fingerprint density at radius 3 is 2.47 bits per heavy atom. The molecule has 0 aromatic heterocycles. The quantitative estimate of drug-likeness (QED) is 0.851. The van der Waals surface area contributed by atoms with Gasteiger partial charge in [-0.3, -0.25) is 4.55 Å². The maximum absolute atomic E-state index is 11.5. The van der Waals surface area contributed by atoms with Crippen LogP contribution in [-0.4, -0.2) is 13.0 Å². The van der Waals surface area contributed by atoms with Crippen LogP contribution in [0.1, 0.15) is 62.5 Å². The summed E-state index contributed by atoms with van der Waals surface area (Å²) in [5, 5.41) is 0. The predicted octanol–water partition coefficient (Wildman–Crippen LogP) is 3.93. The van der Waals surface area contributed by atoms with Gasteiger partial charge in [-0.25, -0.2) is 0 Å². The average Bonchev–Trinajstić information content (AvgIpc) is 2.39. The van der Waals surface area contributed by atoms with Crippen molar-refractivity contribution in [3.63, 3.8) is 0 Å². The Morgan fingerprint density at radius 2 is 1.89 bits per heavy atom. The summed E-state index contributed by atoms with van der Waals surface area (Å²) in [5.74, 6) is 0.456. The maximum atomic E-state index is 11.5. The Labute approximate surface area is 115 Å². The molecule has 4 heteroatoms. The van der Waals surface area contributed by atoms with Crippen LogP contribution in [0.25, 0.3) is 0 Å². The summed E-state index contributed by atoms with van der Waals surface area (Å²) in [6, 6.07) is 5.31. The van der Waals surface area contributed by atoms with Gasteiger partial charge in [0.1, 0.15) is 0 Å². The molecule has 19 heavy (non-hydrogen) atoms. The Kier molecular flexibility index (Phi) is 4.63. The largest absolute Gasteiger partial charge is 0.294 e. The Bertz CT molecular complexity index is 528. The van der Waals surface area contributed by atoms with E-state index in [4.69, 9.17) is 0 Å². The fourth-order valence-corrected chi connectivity index (χ4v) is 3.92. The highest BCUT2D eigenvalue weighted by molar-refractivity contribution is 7.85. The SMILES string of the molecule is CCCc1c(C2CCCCC2)cccc1S(=O)(=O)O. The highest BCUT2D eigenvalue weighted by Gasteiger charge is 2.23. The van der Waals surface area contributed by atoms with Crippen LogP contribution in [0.15, 0.2) is 23.1 Å². The second-order valence-electron chi connectivity index (χ2n) is 5.38. The van der Waals surface area contributed by atoms with Gasteiger partial charge >= 0.3 is 0 Å². The third-order valence-electron chi connectivity index (χ3n) is 3.99. The zero-order valence-corrected chi connectivity index (χ0v) is 12.2. The summed E-state index contributed by atoms with van der Waals surface area (Å²) in [5.41, 5.74) is 1.97. The predicted molar refractivity (Wildman–Crippen MR) is 76.1 cm³/mol. The van der Waals surface area contributed by atoms with Crippen molar-refractivity contribution in [3.05, 3.63) is 29.3 Å². The van der Waals surface area contributed by atoms with Crippen molar-refractivity contribution in [3.8, 4) is 0 Å². The Balaban J connectivity index is 2.47. The summed E-state index contributed by atoms with van der Waals surface area (Å²) >= 11 is 0. The second-order valence-corrected chi connectivity index (χ2v) is 6.77. The van der Waals surface area contributed by atoms with E-state index in [1.165, 1.54) is 25.3 Å². The van der Waals surface area contributed by atoms with Crippen LogP contribution in [0.5, 0.6) is 0 Å². The lowest BCUT2D eigenvalue weighted by atomic mass is 9.81. The molecule has 0 radical (unpaired) electrons. The first kappa shape index (κ1) is 14.5. The van der Waals surface area contributed by atoms with E-state index in [-0.39, 0.29) is 4.90 Å². The lowest BCUT2D eigenvalue weighted by molar-refractivity contribution is 0.439. The first-order valence-corrected chi connectivity index (χ1v) is 8.57. The molecule has 1 aromatic rings. The molecular formula is C15H22O3S. The van der Waals surface area contributed by atoms with E-state index in [1.807, 2.05) is 13.0 Å². The zero-order chi connectivity index (χ0) is 13.9. The minimum absolute atomic E-state index is 0.109. The molecule has 1 aliphatic rings. The van der Waals surface area contributed by atoms with Gasteiger partial charge in [0.05, 0.1) is 4.90 Å². The second kappa shape index (κ2) is 6.06. The van der Waals surface area contributed by atoms with Crippen molar-refractivity contribution in [1.82, 2.24) is 0 Å². The smallest absolute Gasteiger partial charge is 0.282 e. The van der Waals surface area contributed by atoms with Gasteiger partial charge in [-0.2, -0.15) is 8.42 Å². The fraction of sp³-hybridized carbons (Fsp3) is 0.600. The van der Waals surface area contributed by atoms with Gasteiger partial charge in [-0.1, -0.05) is 44.7 Å². The summed E-state index contributed by atoms with van der Waals surface area (Å²) in [6.45, 7) is 2.03. The van der Waals surface area contributed by atoms with Crippen molar-refractivity contribution in [2.75, 3.05) is 0 Å². The standard InChI is InChI=1S/C15H22O3S/c1-2-7-14-13(12-8-4-3-5-9-12)10-6-11-15(14)19(16,17)18/h6,10-12H,2-5,7-9H2,1H3,(H,16,17,18). The maximum Gasteiger partial charge on any atom is 0.294 e. The van der Waals surface area contributed by atoms with Gasteiger partial charge in [-0.05, 0) is 42.4 Å². The normalized spacial score (nSPS) is 17.6. The molecule has 0 unspecified atom stereocenters. The van der Waals surface area contributed by atoms with Gasteiger partial charge in [0, 0.05) is 0 Å². The van der Waals surface area contributed by atoms with Crippen LogP contribution in [0.2, 0.25) is 0 Å². The molecule has 0 spiro atoms. The summed E-state index contributed by atoms with van der Waals surface area (Å²) in [7, 11) is -4.12. The van der Waals surface area contributed by atoms with Crippen molar-refractivity contribution < 1.29 is 13.0 Å². The van der Waals surface area contributed by atoms with E-state index in [9.17, 15) is 13.0 Å². The molecule has 1 saturated carbocycles. The number of hydrogen-bond donors (Lipinski definition) is 1. The molecule has 0 saturated heterocycles. The molecule has 0 heterocycles. The molecule has 0 bridgehead atoms. The summed E-state index contributed by atoms with van der Waals surface area (Å²) < 4.78 is 32.4. The lowest BCUT2D eigenvalue weighted by Gasteiger charge is -2.25. The van der Waals surface area contributed by atoms with Crippen LogP contribution in [-0.2, 0) is 16.5 Å². The zero-order valence-electron chi connectivity index (χ0n) is 11.4. The minimum atomic E-state index is -4.12. The van der Waals surface area contributed by atoms with Crippen molar-refractivity contribution in [2.24, 2.45) is 0 Å². The van der Waals surface area contributed by atoms with E-state index in [0.717, 1.165) is 30.4 Å². The van der Waals surface area contributed by atoms with Gasteiger partial charge in [0.2, 0.25) is 0 Å². The van der Waals surface area contributed by atoms with E-state index >= 15 is 0 Å². The molecule has 1 aromatic carbocycles. The summed E-state index contributed by atoms with van der Waals surface area (Å²) in [6.07, 6.45) is 7.56. The Hall–Kier alpha value is -0.870. The van der Waals surface area contributed by atoms with Gasteiger partial charge < -0.3 is 0 Å². The highest BCUT2D eigenvalue weighted by Crippen LogP contribution is 2.36. The third kappa shape index (κ3) is 3.37. The number of benzene rings is 1. The van der Waals surface area contributed by atoms with Crippen molar-refractivity contribution >= 4 is 10.1 Å². The molecule has 2 rings (SSSR count). The van der Waals surface area contributed by atoms with Gasteiger partial charge in [-0.15, -0.1) is 0 Å². The van der Waals surface area contributed by atoms with E-state index in [0.29, 0.717) is 12.3 Å². The van der Waals surface area contributed by atoms with E-state index in [1.54, 1.807) is 6.07 Å². The highest BCUT2D eigenvalue weighted by atomic mass is 32.2. The van der Waals surface area contributed by atoms with Gasteiger partial charge in [0.25, 0.3) is 10.1 Å². The van der Waals surface area contributed by atoms with Crippen LogP contribution >= 0.6 is 0 Å². The molecule has 0 amide bonds. The molecule has 0 aliphatic heterocycles. The number of rotatable bonds is 4.